The van der Waals surface area contributed by atoms with Gasteiger partial charge in [0.25, 0.3) is 0 Å². The summed E-state index contributed by atoms with van der Waals surface area (Å²) in [7, 11) is -3.49. The summed E-state index contributed by atoms with van der Waals surface area (Å²) in [4.78, 5) is 14.2. The van der Waals surface area contributed by atoms with E-state index in [-0.39, 0.29) is 5.91 Å². The Hall–Kier alpha value is -1.40. The SMILES string of the molecule is CCCCC(=O)N1CCN(S(=O)(=O)c2cc(C)ccc2C)CC1. The average Bonchev–Trinajstić information content (AvgIpc) is 2.54. The number of rotatable bonds is 5. The quantitative estimate of drug-likeness (QED) is 0.828. The van der Waals surface area contributed by atoms with Gasteiger partial charge in [0.2, 0.25) is 15.9 Å². The summed E-state index contributed by atoms with van der Waals surface area (Å²) in [6.45, 7) is 7.46. The maximum atomic E-state index is 12.8. The van der Waals surface area contributed by atoms with Crippen LogP contribution in [0.3, 0.4) is 0 Å². The molecular formula is C17H26N2O3S. The molecular weight excluding hydrogens is 312 g/mol. The predicted octanol–water partition coefficient (Wildman–Crippen LogP) is 2.33. The summed E-state index contributed by atoms with van der Waals surface area (Å²) in [5.74, 6) is 0.135. The summed E-state index contributed by atoms with van der Waals surface area (Å²) < 4.78 is 27.2. The third-order valence-corrected chi connectivity index (χ3v) is 6.34. The topological polar surface area (TPSA) is 57.7 Å². The Morgan fingerprint density at radius 2 is 1.78 bits per heavy atom. The van der Waals surface area contributed by atoms with Crippen LogP contribution < -0.4 is 0 Å². The summed E-state index contributed by atoms with van der Waals surface area (Å²) in [6.07, 6.45) is 2.44. The van der Waals surface area contributed by atoms with Crippen molar-refractivity contribution in [3.63, 3.8) is 0 Å². The van der Waals surface area contributed by atoms with Gasteiger partial charge in [-0.2, -0.15) is 4.31 Å². The first kappa shape index (κ1) is 17.9. The first-order valence-corrected chi connectivity index (χ1v) is 9.65. The summed E-state index contributed by atoms with van der Waals surface area (Å²) >= 11 is 0. The van der Waals surface area contributed by atoms with Gasteiger partial charge in [0, 0.05) is 32.6 Å². The molecule has 0 unspecified atom stereocenters. The van der Waals surface area contributed by atoms with Crippen molar-refractivity contribution < 1.29 is 13.2 Å². The molecule has 5 nitrogen and oxygen atoms in total. The van der Waals surface area contributed by atoms with E-state index in [0.29, 0.717) is 37.5 Å². The smallest absolute Gasteiger partial charge is 0.243 e. The van der Waals surface area contributed by atoms with E-state index in [1.54, 1.807) is 11.0 Å². The second-order valence-electron chi connectivity index (χ2n) is 6.16. The first-order chi connectivity index (χ1) is 10.9. The highest BCUT2D eigenvalue weighted by atomic mass is 32.2. The van der Waals surface area contributed by atoms with E-state index in [4.69, 9.17) is 0 Å². The molecule has 2 rings (SSSR count). The summed E-state index contributed by atoms with van der Waals surface area (Å²) in [6, 6.07) is 5.48. The van der Waals surface area contributed by atoms with Crippen LogP contribution in [-0.2, 0) is 14.8 Å². The molecule has 0 saturated carbocycles. The highest BCUT2D eigenvalue weighted by Gasteiger charge is 2.30. The molecule has 1 heterocycles. The molecule has 6 heteroatoms. The fourth-order valence-corrected chi connectivity index (χ4v) is 4.52. The van der Waals surface area contributed by atoms with Gasteiger partial charge in [0.15, 0.2) is 0 Å². The molecule has 0 bridgehead atoms. The molecule has 1 saturated heterocycles. The number of benzene rings is 1. The molecule has 0 spiro atoms. The van der Waals surface area contributed by atoms with E-state index in [1.165, 1.54) is 4.31 Å². The molecule has 1 amide bonds. The highest BCUT2D eigenvalue weighted by molar-refractivity contribution is 7.89. The zero-order valence-corrected chi connectivity index (χ0v) is 15.0. The normalized spacial score (nSPS) is 16.6. The van der Waals surface area contributed by atoms with Gasteiger partial charge >= 0.3 is 0 Å². The molecule has 1 fully saturated rings. The molecule has 1 aromatic rings. The molecule has 0 N–H and O–H groups in total. The zero-order chi connectivity index (χ0) is 17.0. The molecule has 0 aromatic heterocycles. The van der Waals surface area contributed by atoms with Crippen molar-refractivity contribution in [3.8, 4) is 0 Å². The second-order valence-corrected chi connectivity index (χ2v) is 8.06. The van der Waals surface area contributed by atoms with Crippen LogP contribution in [-0.4, -0.2) is 49.7 Å². The van der Waals surface area contributed by atoms with Gasteiger partial charge in [-0.15, -0.1) is 0 Å². The predicted molar refractivity (Wildman–Crippen MR) is 90.8 cm³/mol. The molecule has 1 aliphatic rings. The molecule has 23 heavy (non-hydrogen) atoms. The van der Waals surface area contributed by atoms with Crippen LogP contribution in [0.5, 0.6) is 0 Å². The van der Waals surface area contributed by atoms with Gasteiger partial charge in [-0.3, -0.25) is 4.79 Å². The minimum Gasteiger partial charge on any atom is -0.340 e. The molecule has 0 radical (unpaired) electrons. The number of aryl methyl sites for hydroxylation is 2. The van der Waals surface area contributed by atoms with Crippen LogP contribution in [0.25, 0.3) is 0 Å². The Bertz CT molecular complexity index is 662. The number of nitrogens with zero attached hydrogens (tertiary/aromatic N) is 2. The Labute approximate surface area is 139 Å². The van der Waals surface area contributed by atoms with Gasteiger partial charge in [-0.05, 0) is 37.5 Å². The third kappa shape index (κ3) is 4.12. The fourth-order valence-electron chi connectivity index (χ4n) is 2.79. The lowest BCUT2D eigenvalue weighted by Gasteiger charge is -2.34. The monoisotopic (exact) mass is 338 g/mol. The maximum absolute atomic E-state index is 12.8. The van der Waals surface area contributed by atoms with Crippen molar-refractivity contribution in [1.29, 1.82) is 0 Å². The van der Waals surface area contributed by atoms with Gasteiger partial charge in [0.05, 0.1) is 4.90 Å². The first-order valence-electron chi connectivity index (χ1n) is 8.21. The van der Waals surface area contributed by atoms with Crippen LogP contribution in [0, 0.1) is 13.8 Å². The van der Waals surface area contributed by atoms with Crippen molar-refractivity contribution in [2.24, 2.45) is 0 Å². The van der Waals surface area contributed by atoms with E-state index >= 15 is 0 Å². The number of amides is 1. The lowest BCUT2D eigenvalue weighted by Crippen LogP contribution is -2.50. The van der Waals surface area contributed by atoms with Crippen molar-refractivity contribution in [3.05, 3.63) is 29.3 Å². The lowest BCUT2D eigenvalue weighted by molar-refractivity contribution is -0.132. The van der Waals surface area contributed by atoms with Crippen LogP contribution in [0.1, 0.15) is 37.3 Å². The van der Waals surface area contributed by atoms with Gasteiger partial charge in [-0.25, -0.2) is 8.42 Å². The van der Waals surface area contributed by atoms with E-state index in [0.717, 1.165) is 24.0 Å². The van der Waals surface area contributed by atoms with Crippen LogP contribution in [0.4, 0.5) is 0 Å². The Morgan fingerprint density at radius 1 is 1.13 bits per heavy atom. The zero-order valence-electron chi connectivity index (χ0n) is 14.2. The Kier molecular flexibility index (Phi) is 5.81. The largest absolute Gasteiger partial charge is 0.340 e. The van der Waals surface area contributed by atoms with Crippen molar-refractivity contribution in [2.45, 2.75) is 44.9 Å². The minimum atomic E-state index is -3.49. The maximum Gasteiger partial charge on any atom is 0.243 e. The van der Waals surface area contributed by atoms with Crippen molar-refractivity contribution >= 4 is 15.9 Å². The number of carbonyl (C=O) groups excluding carboxylic acids is 1. The summed E-state index contributed by atoms with van der Waals surface area (Å²) in [5.41, 5.74) is 1.69. The Morgan fingerprint density at radius 3 is 2.39 bits per heavy atom. The lowest BCUT2D eigenvalue weighted by atomic mass is 10.2. The van der Waals surface area contributed by atoms with Crippen LogP contribution in [0.15, 0.2) is 23.1 Å². The van der Waals surface area contributed by atoms with E-state index < -0.39 is 10.0 Å². The fraction of sp³-hybridized carbons (Fsp3) is 0.588. The molecule has 0 atom stereocenters. The third-order valence-electron chi connectivity index (χ3n) is 4.30. The van der Waals surface area contributed by atoms with E-state index in [9.17, 15) is 13.2 Å². The molecule has 1 aliphatic heterocycles. The molecule has 0 aliphatic carbocycles. The van der Waals surface area contributed by atoms with Gasteiger partial charge < -0.3 is 4.90 Å². The minimum absolute atomic E-state index is 0.135. The highest BCUT2D eigenvalue weighted by Crippen LogP contribution is 2.22. The van der Waals surface area contributed by atoms with Crippen LogP contribution >= 0.6 is 0 Å². The second kappa shape index (κ2) is 7.45. The van der Waals surface area contributed by atoms with E-state index in [1.807, 2.05) is 26.0 Å². The summed E-state index contributed by atoms with van der Waals surface area (Å²) in [5, 5.41) is 0. The molecule has 1 aromatic carbocycles. The van der Waals surface area contributed by atoms with E-state index in [2.05, 4.69) is 6.92 Å². The standard InChI is InChI=1S/C17H26N2O3S/c1-4-5-6-17(20)18-9-11-19(12-10-18)23(21,22)16-13-14(2)7-8-15(16)3/h7-8,13H,4-6,9-12H2,1-3H3. The Balaban J connectivity index is 2.07. The number of hydrogen-bond acceptors (Lipinski definition) is 3. The average molecular weight is 338 g/mol. The van der Waals surface area contributed by atoms with Crippen LogP contribution in [0.2, 0.25) is 0 Å². The number of hydrogen-bond donors (Lipinski definition) is 0. The van der Waals surface area contributed by atoms with Crippen molar-refractivity contribution in [2.75, 3.05) is 26.2 Å². The molecule has 128 valence electrons. The number of unbranched alkanes of at least 4 members (excludes halogenated alkanes) is 1. The number of piperazine rings is 1. The van der Waals surface area contributed by atoms with Gasteiger partial charge in [-0.1, -0.05) is 25.5 Å². The van der Waals surface area contributed by atoms with Crippen molar-refractivity contribution in [1.82, 2.24) is 9.21 Å². The number of carbonyl (C=O) groups is 1. The van der Waals surface area contributed by atoms with Gasteiger partial charge in [0.1, 0.15) is 0 Å². The number of sulfonamides is 1.